The highest BCUT2D eigenvalue weighted by molar-refractivity contribution is 5.69. The van der Waals surface area contributed by atoms with Crippen LogP contribution in [0.2, 0.25) is 0 Å². The highest BCUT2D eigenvalue weighted by Gasteiger charge is 2.42. The van der Waals surface area contributed by atoms with Crippen molar-refractivity contribution >= 4 is 6.09 Å². The van der Waals surface area contributed by atoms with Crippen LogP contribution in [0.4, 0.5) is 4.79 Å². The van der Waals surface area contributed by atoms with Gasteiger partial charge in [-0.1, -0.05) is 31.3 Å². The molecule has 1 aromatic heterocycles. The van der Waals surface area contributed by atoms with E-state index in [1.165, 1.54) is 19.3 Å². The molecule has 2 heterocycles. The third-order valence-corrected chi connectivity index (χ3v) is 6.19. The second-order valence-electron chi connectivity index (χ2n) is 10.0. The van der Waals surface area contributed by atoms with Gasteiger partial charge in [0.25, 0.3) is 0 Å². The summed E-state index contributed by atoms with van der Waals surface area (Å²) in [6.07, 6.45) is 6.00. The smallest absolute Gasteiger partial charge is 0.410 e. The Bertz CT molecular complexity index is 723. The molecule has 0 bridgehead atoms. The standard InChI is InChI=1S/C23H39N3O5/c1-7-28-16(2)29-18(17-12-11-15-26(17)21(27)30-22(3,4)5)19-24-20(31-25-19)23(6)13-9-8-10-14-23/h16-18H,7-15H2,1-6H3/t16-,17?,18?/m0/s1. The molecule has 1 aromatic rings. The first kappa shape index (κ1) is 24.0. The number of aromatic nitrogens is 2. The first-order chi connectivity index (χ1) is 14.6. The molecule has 2 aliphatic rings. The third-order valence-electron chi connectivity index (χ3n) is 6.19. The van der Waals surface area contributed by atoms with Crippen LogP contribution in [-0.4, -0.2) is 52.2 Å². The molecule has 2 fully saturated rings. The lowest BCUT2D eigenvalue weighted by Crippen LogP contribution is -2.44. The molecular formula is C23H39N3O5. The van der Waals surface area contributed by atoms with Crippen molar-refractivity contribution in [3.05, 3.63) is 11.7 Å². The average Bonchev–Trinajstić information content (AvgIpc) is 3.36. The fourth-order valence-electron chi connectivity index (χ4n) is 4.60. The molecule has 1 saturated carbocycles. The van der Waals surface area contributed by atoms with E-state index in [0.717, 1.165) is 25.7 Å². The Labute approximate surface area is 186 Å². The lowest BCUT2D eigenvalue weighted by Gasteiger charge is -2.33. The second kappa shape index (κ2) is 9.86. The van der Waals surface area contributed by atoms with E-state index in [1.807, 2.05) is 34.6 Å². The number of hydrogen-bond acceptors (Lipinski definition) is 7. The molecule has 31 heavy (non-hydrogen) atoms. The van der Waals surface area contributed by atoms with E-state index in [4.69, 9.17) is 23.7 Å². The predicted molar refractivity (Wildman–Crippen MR) is 116 cm³/mol. The zero-order chi connectivity index (χ0) is 22.6. The Morgan fingerprint density at radius 2 is 1.97 bits per heavy atom. The van der Waals surface area contributed by atoms with E-state index in [1.54, 1.807) is 4.90 Å². The Morgan fingerprint density at radius 3 is 2.61 bits per heavy atom. The fourth-order valence-corrected chi connectivity index (χ4v) is 4.60. The van der Waals surface area contributed by atoms with Crippen LogP contribution >= 0.6 is 0 Å². The number of amides is 1. The molecule has 1 aliphatic carbocycles. The minimum atomic E-state index is -0.561. The topological polar surface area (TPSA) is 86.9 Å². The molecule has 3 rings (SSSR count). The van der Waals surface area contributed by atoms with Crippen molar-refractivity contribution in [2.24, 2.45) is 0 Å². The molecule has 1 amide bonds. The van der Waals surface area contributed by atoms with Gasteiger partial charge in [0.2, 0.25) is 11.7 Å². The summed E-state index contributed by atoms with van der Waals surface area (Å²) in [5, 5.41) is 4.32. The molecule has 1 saturated heterocycles. The van der Waals surface area contributed by atoms with E-state index in [2.05, 4.69) is 12.1 Å². The van der Waals surface area contributed by atoms with Crippen LogP contribution in [0.3, 0.4) is 0 Å². The number of hydrogen-bond donors (Lipinski definition) is 0. The SMILES string of the molecule is CCO[C@H](C)OC(c1noc(C2(C)CCCCC2)n1)C1CCCN1C(=O)OC(C)(C)C. The van der Waals surface area contributed by atoms with E-state index < -0.39 is 18.0 Å². The van der Waals surface area contributed by atoms with Crippen molar-refractivity contribution in [1.82, 2.24) is 15.0 Å². The predicted octanol–water partition coefficient (Wildman–Crippen LogP) is 5.13. The molecule has 0 radical (unpaired) electrons. The average molecular weight is 438 g/mol. The number of nitrogens with zero attached hydrogens (tertiary/aromatic N) is 3. The number of ether oxygens (including phenoxy) is 3. The van der Waals surface area contributed by atoms with Crippen molar-refractivity contribution in [3.8, 4) is 0 Å². The molecule has 0 aromatic carbocycles. The van der Waals surface area contributed by atoms with Gasteiger partial charge in [0.05, 0.1) is 6.04 Å². The summed E-state index contributed by atoms with van der Waals surface area (Å²) < 4.78 is 23.3. The summed E-state index contributed by atoms with van der Waals surface area (Å²) in [7, 11) is 0. The number of carbonyl (C=O) groups excluding carboxylic acids is 1. The van der Waals surface area contributed by atoms with Crippen LogP contribution in [0.5, 0.6) is 0 Å². The lowest BCUT2D eigenvalue weighted by molar-refractivity contribution is -0.174. The van der Waals surface area contributed by atoms with E-state index in [-0.39, 0.29) is 17.6 Å². The van der Waals surface area contributed by atoms with E-state index in [9.17, 15) is 4.79 Å². The zero-order valence-corrected chi connectivity index (χ0v) is 20.0. The number of carbonyl (C=O) groups is 1. The molecule has 2 unspecified atom stereocenters. The summed E-state index contributed by atoms with van der Waals surface area (Å²) in [5.41, 5.74) is -0.659. The summed E-state index contributed by atoms with van der Waals surface area (Å²) in [6.45, 7) is 12.7. The van der Waals surface area contributed by atoms with Crippen molar-refractivity contribution in [2.75, 3.05) is 13.2 Å². The van der Waals surface area contributed by atoms with Crippen molar-refractivity contribution in [2.45, 2.75) is 116 Å². The molecule has 1 aliphatic heterocycles. The molecule has 8 nitrogen and oxygen atoms in total. The summed E-state index contributed by atoms with van der Waals surface area (Å²) in [5.74, 6) is 1.15. The van der Waals surface area contributed by atoms with Crippen LogP contribution in [0.1, 0.15) is 104 Å². The molecule has 0 spiro atoms. The Kier molecular flexibility index (Phi) is 7.63. The van der Waals surface area contributed by atoms with Crippen molar-refractivity contribution in [1.29, 1.82) is 0 Å². The third kappa shape index (κ3) is 5.98. The van der Waals surface area contributed by atoms with Gasteiger partial charge >= 0.3 is 6.09 Å². The first-order valence-corrected chi connectivity index (χ1v) is 11.7. The van der Waals surface area contributed by atoms with Gasteiger partial charge in [0.15, 0.2) is 6.29 Å². The van der Waals surface area contributed by atoms with Gasteiger partial charge in [-0.15, -0.1) is 0 Å². The van der Waals surface area contributed by atoms with Gasteiger partial charge in [0.1, 0.15) is 11.7 Å². The van der Waals surface area contributed by atoms with Gasteiger partial charge in [-0.3, -0.25) is 0 Å². The molecule has 176 valence electrons. The van der Waals surface area contributed by atoms with Gasteiger partial charge in [0, 0.05) is 18.6 Å². The maximum absolute atomic E-state index is 12.9. The summed E-state index contributed by atoms with van der Waals surface area (Å²) in [6, 6.07) is -0.234. The van der Waals surface area contributed by atoms with Crippen LogP contribution in [0, 0.1) is 0 Å². The first-order valence-electron chi connectivity index (χ1n) is 11.7. The molecular weight excluding hydrogens is 398 g/mol. The molecule has 0 N–H and O–H groups in total. The van der Waals surface area contributed by atoms with Crippen LogP contribution < -0.4 is 0 Å². The normalized spacial score (nSPS) is 23.5. The van der Waals surface area contributed by atoms with Crippen LogP contribution in [0.25, 0.3) is 0 Å². The highest BCUT2D eigenvalue weighted by Crippen LogP contribution is 2.39. The van der Waals surface area contributed by atoms with Crippen molar-refractivity contribution < 1.29 is 23.5 Å². The van der Waals surface area contributed by atoms with E-state index >= 15 is 0 Å². The maximum Gasteiger partial charge on any atom is 0.410 e. The van der Waals surface area contributed by atoms with Gasteiger partial charge in [-0.05, 0) is 60.3 Å². The summed E-state index contributed by atoms with van der Waals surface area (Å²) >= 11 is 0. The highest BCUT2D eigenvalue weighted by atomic mass is 16.7. The summed E-state index contributed by atoms with van der Waals surface area (Å²) in [4.78, 5) is 19.4. The molecule has 3 atom stereocenters. The quantitative estimate of drug-likeness (QED) is 0.546. The minimum Gasteiger partial charge on any atom is -0.444 e. The van der Waals surface area contributed by atoms with Gasteiger partial charge < -0.3 is 23.6 Å². The van der Waals surface area contributed by atoms with Gasteiger partial charge in [-0.25, -0.2) is 4.79 Å². The number of rotatable bonds is 7. The Morgan fingerprint density at radius 1 is 1.26 bits per heavy atom. The minimum absolute atomic E-state index is 0.0971. The van der Waals surface area contributed by atoms with E-state index in [0.29, 0.717) is 24.9 Å². The maximum atomic E-state index is 12.9. The molecule has 8 heteroatoms. The Hall–Kier alpha value is -1.67. The monoisotopic (exact) mass is 437 g/mol. The second-order valence-corrected chi connectivity index (χ2v) is 10.0. The Balaban J connectivity index is 1.85. The largest absolute Gasteiger partial charge is 0.444 e. The van der Waals surface area contributed by atoms with Crippen LogP contribution in [0.15, 0.2) is 4.52 Å². The lowest BCUT2D eigenvalue weighted by atomic mass is 9.75. The zero-order valence-electron chi connectivity index (χ0n) is 20.0. The van der Waals surface area contributed by atoms with Crippen molar-refractivity contribution in [3.63, 3.8) is 0 Å². The number of likely N-dealkylation sites (tertiary alicyclic amines) is 1. The fraction of sp³-hybridized carbons (Fsp3) is 0.870. The van der Waals surface area contributed by atoms with Gasteiger partial charge in [-0.2, -0.15) is 4.98 Å². The van der Waals surface area contributed by atoms with Crippen LogP contribution in [-0.2, 0) is 19.6 Å².